The molecule has 4 N–H and O–H groups in total. The van der Waals surface area contributed by atoms with Gasteiger partial charge in [0.05, 0.1) is 17.9 Å². The highest BCUT2D eigenvalue weighted by Crippen LogP contribution is 2.35. The van der Waals surface area contributed by atoms with Gasteiger partial charge >= 0.3 is 8.25 Å². The van der Waals surface area contributed by atoms with Crippen LogP contribution in [0.1, 0.15) is 23.1 Å². The van der Waals surface area contributed by atoms with Gasteiger partial charge in [0.2, 0.25) is 6.29 Å². The number of hydrogen-bond acceptors (Lipinski definition) is 6. The first-order valence-electron chi connectivity index (χ1n) is 4.26. The number of aromatic nitrogens is 1. The highest BCUT2D eigenvalue weighted by molar-refractivity contribution is 7.32. The molecule has 1 aromatic rings. The molecule has 16 heavy (non-hydrogen) atoms. The van der Waals surface area contributed by atoms with Gasteiger partial charge in [0.1, 0.15) is 5.75 Å². The van der Waals surface area contributed by atoms with E-state index < -0.39 is 21.2 Å². The molecule has 0 aliphatic carbocycles. The third-order valence-electron chi connectivity index (χ3n) is 1.97. The summed E-state index contributed by atoms with van der Waals surface area (Å²) in [5.41, 5.74) is 0.169. The lowest BCUT2D eigenvalue weighted by atomic mass is 10.1. The van der Waals surface area contributed by atoms with E-state index in [1.807, 2.05) is 0 Å². The van der Waals surface area contributed by atoms with Gasteiger partial charge < -0.3 is 15.3 Å². The van der Waals surface area contributed by atoms with Gasteiger partial charge in [0.15, 0.2) is 0 Å². The number of aryl methyl sites for hydroxylation is 1. The van der Waals surface area contributed by atoms with E-state index in [0.717, 1.165) is 0 Å². The smallest absolute Gasteiger partial charge is 0.506 e. The molecule has 1 aromatic heterocycles. The van der Waals surface area contributed by atoms with E-state index in [2.05, 4.69) is 9.51 Å². The summed E-state index contributed by atoms with van der Waals surface area (Å²) < 4.78 is 14.6. The number of hydrogen-bond donors (Lipinski definition) is 4. The Bertz CT molecular complexity index is 410. The number of aromatic hydroxyl groups is 1. The first-order chi connectivity index (χ1) is 7.47. The maximum Gasteiger partial charge on any atom is 0.697 e. The summed E-state index contributed by atoms with van der Waals surface area (Å²) in [6, 6.07) is 0. The Morgan fingerprint density at radius 1 is 1.62 bits per heavy atom. The van der Waals surface area contributed by atoms with Crippen molar-refractivity contribution in [2.45, 2.75) is 19.8 Å². The molecule has 0 aromatic carbocycles. The molecule has 0 aliphatic heterocycles. The number of aliphatic hydroxyl groups excluding tert-OH is 2. The average Bonchev–Trinajstić information content (AvgIpc) is 2.20. The minimum atomic E-state index is -3.02. The quantitative estimate of drug-likeness (QED) is 0.445. The molecule has 0 bridgehead atoms. The summed E-state index contributed by atoms with van der Waals surface area (Å²) in [6.07, 6.45) is -0.557. The third-order valence-corrected chi connectivity index (χ3v) is 2.35. The topological polar surface area (TPSA) is 120 Å². The van der Waals surface area contributed by atoms with Crippen LogP contribution in [0, 0.1) is 6.92 Å². The molecule has 0 saturated heterocycles. The van der Waals surface area contributed by atoms with Crippen LogP contribution >= 0.6 is 8.25 Å². The fraction of sp³-hybridized carbons (Fsp3) is 0.375. The summed E-state index contributed by atoms with van der Waals surface area (Å²) in [6.45, 7) is 0.991. The first-order valence-corrected chi connectivity index (χ1v) is 5.39. The molecule has 1 rings (SSSR count). The Balaban J connectivity index is 3.18. The molecular weight excluding hydrogens is 237 g/mol. The summed E-state index contributed by atoms with van der Waals surface area (Å²) in [4.78, 5) is 12.2. The lowest BCUT2D eigenvalue weighted by Gasteiger charge is -2.12. The minimum Gasteiger partial charge on any atom is -0.506 e. The first kappa shape index (κ1) is 13.0. The number of aliphatic hydroxyl groups is 2. The zero-order valence-electron chi connectivity index (χ0n) is 8.36. The van der Waals surface area contributed by atoms with Crippen molar-refractivity contribution in [3.63, 3.8) is 0 Å². The van der Waals surface area contributed by atoms with Crippen molar-refractivity contribution in [2.24, 2.45) is 0 Å². The molecule has 2 atom stereocenters. The highest BCUT2D eigenvalue weighted by atomic mass is 31.1. The van der Waals surface area contributed by atoms with Gasteiger partial charge in [-0.3, -0.25) is 4.98 Å². The lowest BCUT2D eigenvalue weighted by Crippen LogP contribution is -2.06. The van der Waals surface area contributed by atoms with Gasteiger partial charge in [-0.2, -0.15) is 0 Å². The predicted octanol–water partition coefficient (Wildman–Crippen LogP) is 0.245. The number of rotatable bonds is 4. The van der Waals surface area contributed by atoms with Crippen LogP contribution in [-0.4, -0.2) is 25.2 Å². The van der Waals surface area contributed by atoms with Crippen molar-refractivity contribution < 1.29 is 29.3 Å². The molecule has 0 aliphatic rings. The van der Waals surface area contributed by atoms with Gasteiger partial charge in [-0.25, -0.2) is 0 Å². The Labute approximate surface area is 91.9 Å². The average molecular weight is 248 g/mol. The monoisotopic (exact) mass is 248 g/mol. The predicted molar refractivity (Wildman–Crippen MR) is 52.4 cm³/mol. The van der Waals surface area contributed by atoms with Crippen LogP contribution in [0.25, 0.3) is 0 Å². The molecule has 8 heteroatoms. The van der Waals surface area contributed by atoms with Crippen LogP contribution in [0.4, 0.5) is 0 Å². The molecule has 2 unspecified atom stereocenters. The standard InChI is InChI=1S/C8H10NO6P/c1-4-7(11)6(5(3-10)2-9-4)8(12)15-16(13)14/h2,8,10,12H,3H2,1H3,(H-,11,13,14)/p+1. The molecule has 1 heterocycles. The van der Waals surface area contributed by atoms with Crippen molar-refractivity contribution in [1.82, 2.24) is 4.98 Å². The molecule has 7 nitrogen and oxygen atoms in total. The minimum absolute atomic E-state index is 0.118. The summed E-state index contributed by atoms with van der Waals surface area (Å²) in [7, 11) is -3.02. The SMILES string of the molecule is Cc1ncc(CO)c(C(O)O[P+](=O)O)c1O. The maximum absolute atomic E-state index is 10.4. The maximum atomic E-state index is 10.4. The van der Waals surface area contributed by atoms with Gasteiger partial charge in [-0.05, 0) is 6.92 Å². The van der Waals surface area contributed by atoms with Crippen LogP contribution in [0.3, 0.4) is 0 Å². The Morgan fingerprint density at radius 2 is 2.25 bits per heavy atom. The van der Waals surface area contributed by atoms with E-state index in [1.165, 1.54) is 13.1 Å². The van der Waals surface area contributed by atoms with E-state index in [9.17, 15) is 14.8 Å². The summed E-state index contributed by atoms with van der Waals surface area (Å²) in [5, 5.41) is 28.0. The van der Waals surface area contributed by atoms with Crippen LogP contribution in [-0.2, 0) is 15.7 Å². The van der Waals surface area contributed by atoms with Gasteiger partial charge in [0.25, 0.3) is 0 Å². The molecular formula is C8H11NO6P+. The van der Waals surface area contributed by atoms with Crippen molar-refractivity contribution >= 4 is 8.25 Å². The van der Waals surface area contributed by atoms with E-state index in [-0.39, 0.29) is 22.6 Å². The normalized spacial score (nSPS) is 13.6. The lowest BCUT2D eigenvalue weighted by molar-refractivity contribution is -0.0238. The Morgan fingerprint density at radius 3 is 2.75 bits per heavy atom. The van der Waals surface area contributed by atoms with E-state index in [4.69, 9.17) is 10.00 Å². The van der Waals surface area contributed by atoms with E-state index in [1.54, 1.807) is 0 Å². The van der Waals surface area contributed by atoms with E-state index in [0.29, 0.717) is 0 Å². The van der Waals surface area contributed by atoms with E-state index >= 15 is 0 Å². The van der Waals surface area contributed by atoms with Crippen molar-refractivity contribution in [1.29, 1.82) is 0 Å². The molecule has 88 valence electrons. The zero-order chi connectivity index (χ0) is 12.3. The van der Waals surface area contributed by atoms with Crippen LogP contribution < -0.4 is 0 Å². The Hall–Kier alpha value is -1.11. The summed E-state index contributed by atoms with van der Waals surface area (Å²) in [5.74, 6) is -0.379. The number of pyridine rings is 1. The molecule has 0 amide bonds. The summed E-state index contributed by atoms with van der Waals surface area (Å²) >= 11 is 0. The molecule has 0 radical (unpaired) electrons. The second-order valence-electron chi connectivity index (χ2n) is 2.98. The Kier molecular flexibility index (Phi) is 4.28. The molecule has 0 fully saturated rings. The van der Waals surface area contributed by atoms with Gasteiger partial charge in [0, 0.05) is 16.3 Å². The second-order valence-corrected chi connectivity index (χ2v) is 3.67. The van der Waals surface area contributed by atoms with Gasteiger partial charge in [-0.1, -0.05) is 4.52 Å². The van der Waals surface area contributed by atoms with Crippen LogP contribution in [0.2, 0.25) is 0 Å². The fourth-order valence-electron chi connectivity index (χ4n) is 1.19. The second kappa shape index (κ2) is 5.29. The molecule has 0 spiro atoms. The fourth-order valence-corrected chi connectivity index (χ4v) is 1.47. The molecule has 0 saturated carbocycles. The van der Waals surface area contributed by atoms with Gasteiger partial charge in [-0.15, -0.1) is 4.89 Å². The van der Waals surface area contributed by atoms with Crippen molar-refractivity contribution in [2.75, 3.05) is 0 Å². The zero-order valence-corrected chi connectivity index (χ0v) is 9.26. The van der Waals surface area contributed by atoms with Crippen LogP contribution in [0.5, 0.6) is 5.75 Å². The largest absolute Gasteiger partial charge is 0.697 e. The third kappa shape index (κ3) is 2.72. The van der Waals surface area contributed by atoms with Crippen molar-refractivity contribution in [3.8, 4) is 5.75 Å². The highest BCUT2D eigenvalue weighted by Gasteiger charge is 2.28. The van der Waals surface area contributed by atoms with Crippen LogP contribution in [0.15, 0.2) is 6.20 Å². The number of nitrogens with zero attached hydrogens (tertiary/aromatic N) is 1. The van der Waals surface area contributed by atoms with Crippen molar-refractivity contribution in [3.05, 3.63) is 23.0 Å².